The first-order valence-electron chi connectivity index (χ1n) is 12.3. The van der Waals surface area contributed by atoms with Gasteiger partial charge in [-0.15, -0.1) is 0 Å². The molecule has 0 radical (unpaired) electrons. The SMILES string of the molecule is CCN1C(=O)/C(=C2\SC(=S)N(CC)C2=O)SC1=S.c1cc2cccc3c4cccc5cccc(c(c1)c23)c54. The van der Waals surface area contributed by atoms with Gasteiger partial charge in [-0.1, -0.05) is 121 Å². The van der Waals surface area contributed by atoms with E-state index in [2.05, 4.69) is 72.8 Å². The Morgan fingerprint density at radius 1 is 0.579 bits per heavy atom. The van der Waals surface area contributed by atoms with Gasteiger partial charge in [0.15, 0.2) is 0 Å². The molecule has 0 bridgehead atoms. The van der Waals surface area contributed by atoms with Crippen LogP contribution in [0.4, 0.5) is 0 Å². The molecule has 0 unspecified atom stereocenters. The summed E-state index contributed by atoms with van der Waals surface area (Å²) in [6, 6.07) is 26.4. The van der Waals surface area contributed by atoms with E-state index in [0.717, 1.165) is 0 Å². The molecular formula is C30H22N2O2S4. The zero-order chi connectivity index (χ0) is 26.6. The van der Waals surface area contributed by atoms with Crippen LogP contribution in [-0.2, 0) is 9.59 Å². The highest BCUT2D eigenvalue weighted by molar-refractivity contribution is 8.29. The van der Waals surface area contributed by atoms with Crippen LogP contribution in [0.15, 0.2) is 82.6 Å². The molecule has 5 aromatic rings. The van der Waals surface area contributed by atoms with Crippen LogP contribution in [0.2, 0.25) is 0 Å². The Bertz CT molecular complexity index is 1630. The molecule has 38 heavy (non-hydrogen) atoms. The third-order valence-corrected chi connectivity index (χ3v) is 9.95. The molecule has 2 fully saturated rings. The number of rotatable bonds is 2. The second-order valence-electron chi connectivity index (χ2n) is 8.91. The molecule has 0 saturated carbocycles. The Balaban J connectivity index is 0.000000140. The normalized spacial score (nSPS) is 18.1. The lowest BCUT2D eigenvalue weighted by atomic mass is 9.90. The van der Waals surface area contributed by atoms with Crippen LogP contribution in [-0.4, -0.2) is 43.3 Å². The molecule has 5 aromatic carbocycles. The maximum Gasteiger partial charge on any atom is 0.267 e. The van der Waals surface area contributed by atoms with Crippen molar-refractivity contribution in [3.05, 3.63) is 82.6 Å². The van der Waals surface area contributed by atoms with Gasteiger partial charge < -0.3 is 0 Å². The number of likely N-dealkylation sites (N-methyl/N-ethyl adjacent to an activating group) is 2. The monoisotopic (exact) mass is 570 g/mol. The number of fused-ring (bicyclic) bond motifs is 2. The molecule has 2 saturated heterocycles. The summed E-state index contributed by atoms with van der Waals surface area (Å²) in [5.74, 6) is -0.381. The summed E-state index contributed by atoms with van der Waals surface area (Å²) >= 11 is 12.6. The first-order chi connectivity index (χ1) is 18.4. The van der Waals surface area contributed by atoms with E-state index in [-0.39, 0.29) is 11.8 Å². The number of nitrogens with zero attached hydrogens (tertiary/aromatic N) is 2. The highest BCUT2D eigenvalue weighted by atomic mass is 32.2. The number of benzene rings is 5. The zero-order valence-corrected chi connectivity index (χ0v) is 24.0. The van der Waals surface area contributed by atoms with Gasteiger partial charge in [-0.25, -0.2) is 0 Å². The van der Waals surface area contributed by atoms with E-state index in [4.69, 9.17) is 24.4 Å². The van der Waals surface area contributed by atoms with Gasteiger partial charge in [0.25, 0.3) is 11.8 Å². The first-order valence-corrected chi connectivity index (χ1v) is 14.7. The van der Waals surface area contributed by atoms with Crippen molar-refractivity contribution in [3.8, 4) is 0 Å². The highest BCUT2D eigenvalue weighted by Crippen LogP contribution is 2.42. The number of amides is 2. The second kappa shape index (κ2) is 9.93. The molecule has 4 nitrogen and oxygen atoms in total. The summed E-state index contributed by atoms with van der Waals surface area (Å²) in [5, 5.41) is 10.9. The van der Waals surface area contributed by atoms with Crippen molar-refractivity contribution in [1.82, 2.24) is 9.80 Å². The first kappa shape index (κ1) is 25.2. The molecule has 2 aliphatic heterocycles. The number of hydrogen-bond acceptors (Lipinski definition) is 6. The molecule has 0 aliphatic carbocycles. The van der Waals surface area contributed by atoms with Crippen molar-refractivity contribution in [2.45, 2.75) is 13.8 Å². The molecule has 2 heterocycles. The summed E-state index contributed by atoms with van der Waals surface area (Å²) in [5.41, 5.74) is 0. The van der Waals surface area contributed by atoms with E-state index in [9.17, 15) is 9.59 Å². The van der Waals surface area contributed by atoms with Gasteiger partial charge >= 0.3 is 0 Å². The van der Waals surface area contributed by atoms with Crippen LogP contribution in [0.25, 0.3) is 43.1 Å². The Morgan fingerprint density at radius 3 is 1.16 bits per heavy atom. The smallest absolute Gasteiger partial charge is 0.267 e. The Kier molecular flexibility index (Phi) is 6.60. The Hall–Kier alpha value is -3.04. The van der Waals surface area contributed by atoms with Crippen LogP contribution in [0.5, 0.6) is 0 Å². The van der Waals surface area contributed by atoms with Crippen LogP contribution < -0.4 is 0 Å². The minimum Gasteiger partial charge on any atom is -0.293 e. The topological polar surface area (TPSA) is 40.6 Å². The number of carbonyl (C=O) groups is 2. The van der Waals surface area contributed by atoms with Crippen molar-refractivity contribution in [1.29, 1.82) is 0 Å². The lowest BCUT2D eigenvalue weighted by molar-refractivity contribution is -0.124. The van der Waals surface area contributed by atoms with Gasteiger partial charge in [0.1, 0.15) is 8.64 Å². The third kappa shape index (κ3) is 3.90. The van der Waals surface area contributed by atoms with Gasteiger partial charge in [0.05, 0.1) is 9.81 Å². The fraction of sp³-hybridized carbons (Fsp3) is 0.133. The minimum absolute atomic E-state index is 0.191. The highest BCUT2D eigenvalue weighted by Gasteiger charge is 2.40. The number of hydrogen-bond donors (Lipinski definition) is 0. The van der Waals surface area contributed by atoms with Crippen LogP contribution in [0.3, 0.4) is 0 Å². The van der Waals surface area contributed by atoms with Crippen LogP contribution in [0.1, 0.15) is 13.8 Å². The van der Waals surface area contributed by atoms with E-state index in [0.29, 0.717) is 31.5 Å². The largest absolute Gasteiger partial charge is 0.293 e. The van der Waals surface area contributed by atoms with Crippen molar-refractivity contribution >= 4 is 112 Å². The molecule has 7 rings (SSSR count). The van der Waals surface area contributed by atoms with Gasteiger partial charge in [0, 0.05) is 13.1 Å². The molecule has 0 aromatic heterocycles. The van der Waals surface area contributed by atoms with E-state index >= 15 is 0 Å². The molecule has 8 heteroatoms. The number of thiocarbonyl (C=S) groups is 2. The predicted octanol–water partition coefficient (Wildman–Crippen LogP) is 7.70. The molecule has 2 amide bonds. The summed E-state index contributed by atoms with van der Waals surface area (Å²) in [4.78, 5) is 28.0. The van der Waals surface area contributed by atoms with Crippen LogP contribution >= 0.6 is 48.0 Å². The van der Waals surface area contributed by atoms with Crippen molar-refractivity contribution < 1.29 is 9.59 Å². The molecule has 188 valence electrons. The Labute approximate surface area is 239 Å². The summed E-state index contributed by atoms with van der Waals surface area (Å²) in [6.07, 6.45) is 0. The molecule has 0 atom stereocenters. The summed E-state index contributed by atoms with van der Waals surface area (Å²) in [7, 11) is 0. The average molecular weight is 571 g/mol. The number of thioether (sulfide) groups is 2. The van der Waals surface area contributed by atoms with E-state index in [1.807, 2.05) is 13.8 Å². The molecule has 2 aliphatic rings. The average Bonchev–Trinajstić information content (AvgIpc) is 3.39. The van der Waals surface area contributed by atoms with E-state index < -0.39 is 0 Å². The summed E-state index contributed by atoms with van der Waals surface area (Å²) in [6.45, 7) is 4.74. The van der Waals surface area contributed by atoms with E-state index in [1.54, 1.807) is 0 Å². The van der Waals surface area contributed by atoms with Crippen molar-refractivity contribution in [3.63, 3.8) is 0 Å². The third-order valence-electron chi connectivity index (χ3n) is 6.93. The maximum absolute atomic E-state index is 12.1. The molecule has 0 N–H and O–H groups in total. The lowest BCUT2D eigenvalue weighted by Gasteiger charge is -2.13. The van der Waals surface area contributed by atoms with Gasteiger partial charge in [-0.3, -0.25) is 19.4 Å². The second-order valence-corrected chi connectivity index (χ2v) is 12.2. The minimum atomic E-state index is -0.191. The predicted molar refractivity (Wildman–Crippen MR) is 170 cm³/mol. The van der Waals surface area contributed by atoms with Gasteiger partial charge in [-0.2, -0.15) is 0 Å². The zero-order valence-electron chi connectivity index (χ0n) is 20.7. The molecular weight excluding hydrogens is 549 g/mol. The van der Waals surface area contributed by atoms with E-state index in [1.165, 1.54) is 76.4 Å². The standard InChI is InChI=1S/C20H12.C10H10N2O2S4/c1-5-13-6-2-11-17-18-12-4-8-14-7-3-10-16(20(14)18)15(9-1)19(13)17;1-3-11-7(13)5(17-9(11)15)6-8(14)12(4-2)10(16)18-6/h1-12H;3-4H2,1-2H3/b;6-5+. The number of carbonyl (C=O) groups excluding carboxylic acids is 2. The Morgan fingerprint density at radius 2 is 0.895 bits per heavy atom. The van der Waals surface area contributed by atoms with Crippen LogP contribution in [0, 0.1) is 0 Å². The van der Waals surface area contributed by atoms with Gasteiger partial charge in [-0.05, 0) is 56.9 Å². The van der Waals surface area contributed by atoms with Crippen molar-refractivity contribution in [2.24, 2.45) is 0 Å². The van der Waals surface area contributed by atoms with Gasteiger partial charge in [0.2, 0.25) is 0 Å². The van der Waals surface area contributed by atoms with Crippen molar-refractivity contribution in [2.75, 3.05) is 13.1 Å². The maximum atomic E-state index is 12.1. The summed E-state index contributed by atoms with van der Waals surface area (Å²) < 4.78 is 0.999. The fourth-order valence-corrected chi connectivity index (χ4v) is 8.12. The quantitative estimate of drug-likeness (QED) is 0.0938. The molecule has 0 spiro atoms. The fourth-order valence-electron chi connectivity index (χ4n) is 5.20. The lowest BCUT2D eigenvalue weighted by Crippen LogP contribution is -2.29.